The van der Waals surface area contributed by atoms with Crippen molar-refractivity contribution in [2.45, 2.75) is 52.4 Å². The maximum Gasteiger partial charge on any atom is 0.573 e. The first-order valence-corrected chi connectivity index (χ1v) is 10.6. The molecule has 1 aliphatic rings. The van der Waals surface area contributed by atoms with Gasteiger partial charge in [0.25, 0.3) is 0 Å². The van der Waals surface area contributed by atoms with E-state index in [0.29, 0.717) is 23.1 Å². The summed E-state index contributed by atoms with van der Waals surface area (Å²) in [5.74, 6) is 0.861. The van der Waals surface area contributed by atoms with Crippen molar-refractivity contribution in [2.75, 3.05) is 5.32 Å². The third-order valence-electron chi connectivity index (χ3n) is 5.89. The van der Waals surface area contributed by atoms with Crippen molar-refractivity contribution in [2.24, 2.45) is 11.3 Å². The molecule has 1 fully saturated rings. The number of rotatable bonds is 4. The van der Waals surface area contributed by atoms with Crippen LogP contribution in [0.5, 0.6) is 5.75 Å². The largest absolute Gasteiger partial charge is 0.573 e. The molecular formula is C24H25F3N4O. The molecule has 8 heteroatoms. The number of hydrogen-bond acceptors (Lipinski definition) is 4. The predicted octanol–water partition coefficient (Wildman–Crippen LogP) is 6.94. The fourth-order valence-electron chi connectivity index (χ4n) is 4.98. The van der Waals surface area contributed by atoms with Crippen molar-refractivity contribution in [1.82, 2.24) is 9.55 Å². The molecule has 5 nitrogen and oxygen atoms in total. The number of ether oxygens (including phenoxy) is 1. The molecular weight excluding hydrogens is 417 g/mol. The predicted molar refractivity (Wildman–Crippen MR) is 117 cm³/mol. The van der Waals surface area contributed by atoms with Gasteiger partial charge in [0.2, 0.25) is 5.95 Å². The van der Waals surface area contributed by atoms with Gasteiger partial charge < -0.3 is 14.6 Å². The van der Waals surface area contributed by atoms with Crippen LogP contribution >= 0.6 is 0 Å². The van der Waals surface area contributed by atoms with Crippen LogP contribution in [0.2, 0.25) is 0 Å². The lowest BCUT2D eigenvalue weighted by Gasteiger charge is -2.40. The number of fused-ring (bicyclic) bond motifs is 1. The molecule has 0 bridgehead atoms. The number of nitrogens with zero attached hydrogens (tertiary/aromatic N) is 3. The van der Waals surface area contributed by atoms with Crippen LogP contribution in [0.3, 0.4) is 0 Å². The molecule has 168 valence electrons. The van der Waals surface area contributed by atoms with Gasteiger partial charge in [0, 0.05) is 11.7 Å². The van der Waals surface area contributed by atoms with Gasteiger partial charge in [-0.3, -0.25) is 0 Å². The van der Waals surface area contributed by atoms with E-state index in [9.17, 15) is 18.4 Å². The minimum absolute atomic E-state index is 0.166. The summed E-state index contributed by atoms with van der Waals surface area (Å²) < 4.78 is 43.4. The number of halogens is 3. The molecule has 3 aromatic rings. The lowest BCUT2D eigenvalue weighted by atomic mass is 9.70. The highest BCUT2D eigenvalue weighted by Gasteiger charge is 2.35. The van der Waals surface area contributed by atoms with Gasteiger partial charge in [-0.1, -0.05) is 20.8 Å². The molecule has 0 spiro atoms. The lowest BCUT2D eigenvalue weighted by Crippen LogP contribution is -2.29. The van der Waals surface area contributed by atoms with Crippen LogP contribution in [0.25, 0.3) is 11.0 Å². The van der Waals surface area contributed by atoms with Gasteiger partial charge in [0.1, 0.15) is 5.75 Å². The topological polar surface area (TPSA) is 62.9 Å². The highest BCUT2D eigenvalue weighted by atomic mass is 19.4. The van der Waals surface area contributed by atoms with E-state index < -0.39 is 6.36 Å². The molecule has 2 atom stereocenters. The van der Waals surface area contributed by atoms with Crippen LogP contribution in [-0.4, -0.2) is 15.9 Å². The van der Waals surface area contributed by atoms with E-state index >= 15 is 0 Å². The third-order valence-corrected chi connectivity index (χ3v) is 5.89. The van der Waals surface area contributed by atoms with Gasteiger partial charge in [-0.2, -0.15) is 5.26 Å². The molecule has 2 aromatic carbocycles. The van der Waals surface area contributed by atoms with Crippen molar-refractivity contribution < 1.29 is 17.9 Å². The van der Waals surface area contributed by atoms with E-state index in [1.165, 1.54) is 24.3 Å². The second-order valence-electron chi connectivity index (χ2n) is 9.39. The van der Waals surface area contributed by atoms with Crippen molar-refractivity contribution in [3.05, 3.63) is 48.0 Å². The van der Waals surface area contributed by atoms with Crippen molar-refractivity contribution >= 4 is 22.7 Å². The standard InChI is InChI=1S/C24H25F3N4O/c1-15-10-18(13-23(2,3)12-15)31-21-11-16(14-28)4-9-20(21)30-22(31)29-17-5-7-19(8-6-17)32-24(25,26)27/h4-9,11,15,18H,10,12-13H2,1-3H3,(H,29,30). The first-order valence-electron chi connectivity index (χ1n) is 10.6. The van der Waals surface area contributed by atoms with E-state index in [0.717, 1.165) is 30.3 Å². The Bertz CT molecular complexity index is 1160. The molecule has 0 saturated heterocycles. The SMILES string of the molecule is CC1CC(n2c(Nc3ccc(OC(F)(F)F)cc3)nc3ccc(C#N)cc32)CC(C)(C)C1. The number of hydrogen-bond donors (Lipinski definition) is 1. The summed E-state index contributed by atoms with van der Waals surface area (Å²) >= 11 is 0. The summed E-state index contributed by atoms with van der Waals surface area (Å²) in [6, 6.07) is 13.4. The minimum atomic E-state index is -4.73. The van der Waals surface area contributed by atoms with Crippen LogP contribution < -0.4 is 10.1 Å². The van der Waals surface area contributed by atoms with Gasteiger partial charge in [0.15, 0.2) is 0 Å². The number of aromatic nitrogens is 2. The summed E-state index contributed by atoms with van der Waals surface area (Å²) in [5.41, 5.74) is 2.96. The van der Waals surface area contributed by atoms with E-state index in [4.69, 9.17) is 4.98 Å². The van der Waals surface area contributed by atoms with Gasteiger partial charge in [-0.15, -0.1) is 13.2 Å². The van der Waals surface area contributed by atoms with Crippen LogP contribution in [0.1, 0.15) is 51.6 Å². The molecule has 1 N–H and O–H groups in total. The number of anilines is 2. The molecule has 0 aliphatic heterocycles. The average molecular weight is 442 g/mol. The Balaban J connectivity index is 1.72. The van der Waals surface area contributed by atoms with Crippen molar-refractivity contribution in [3.8, 4) is 11.8 Å². The fraction of sp³-hybridized carbons (Fsp3) is 0.417. The zero-order valence-electron chi connectivity index (χ0n) is 18.2. The Hall–Kier alpha value is -3.21. The van der Waals surface area contributed by atoms with Gasteiger partial charge in [-0.05, 0) is 73.1 Å². The van der Waals surface area contributed by atoms with Crippen LogP contribution in [-0.2, 0) is 0 Å². The maximum atomic E-state index is 12.4. The Morgan fingerprint density at radius 1 is 1.16 bits per heavy atom. The third kappa shape index (κ3) is 4.82. The molecule has 4 rings (SSSR count). The zero-order chi connectivity index (χ0) is 23.1. The Morgan fingerprint density at radius 3 is 2.50 bits per heavy atom. The minimum Gasteiger partial charge on any atom is -0.406 e. The maximum absolute atomic E-state index is 12.4. The Kier molecular flexibility index (Phi) is 5.53. The normalized spacial score (nSPS) is 20.7. The lowest BCUT2D eigenvalue weighted by molar-refractivity contribution is -0.274. The molecule has 1 aromatic heterocycles. The number of imidazole rings is 1. The van der Waals surface area contributed by atoms with Crippen LogP contribution in [0.15, 0.2) is 42.5 Å². The highest BCUT2D eigenvalue weighted by molar-refractivity contribution is 5.81. The zero-order valence-corrected chi connectivity index (χ0v) is 18.2. The average Bonchev–Trinajstić information content (AvgIpc) is 3.03. The van der Waals surface area contributed by atoms with E-state index in [-0.39, 0.29) is 17.2 Å². The first kappa shape index (κ1) is 22.0. The summed E-state index contributed by atoms with van der Waals surface area (Å²) in [7, 11) is 0. The van der Waals surface area contributed by atoms with Crippen molar-refractivity contribution in [1.29, 1.82) is 5.26 Å². The smallest absolute Gasteiger partial charge is 0.406 e. The number of benzene rings is 2. The molecule has 1 heterocycles. The van der Waals surface area contributed by atoms with Gasteiger partial charge >= 0.3 is 6.36 Å². The Morgan fingerprint density at radius 2 is 1.88 bits per heavy atom. The molecule has 2 unspecified atom stereocenters. The molecule has 1 aliphatic carbocycles. The van der Waals surface area contributed by atoms with E-state index in [1.54, 1.807) is 6.07 Å². The van der Waals surface area contributed by atoms with E-state index in [2.05, 4.69) is 41.5 Å². The fourth-order valence-corrected chi connectivity index (χ4v) is 4.98. The first-order chi connectivity index (χ1) is 15.0. The van der Waals surface area contributed by atoms with Crippen molar-refractivity contribution in [3.63, 3.8) is 0 Å². The van der Waals surface area contributed by atoms with E-state index in [1.807, 2.05) is 12.1 Å². The Labute approximate surface area is 184 Å². The summed E-state index contributed by atoms with van der Waals surface area (Å²) in [6.07, 6.45) is -1.64. The monoisotopic (exact) mass is 442 g/mol. The highest BCUT2D eigenvalue weighted by Crippen LogP contribution is 2.46. The molecule has 32 heavy (non-hydrogen) atoms. The van der Waals surface area contributed by atoms with Gasteiger partial charge in [-0.25, -0.2) is 4.98 Å². The number of nitrogens with one attached hydrogen (secondary N) is 1. The number of alkyl halides is 3. The quantitative estimate of drug-likeness (QED) is 0.475. The molecule has 0 amide bonds. The summed E-state index contributed by atoms with van der Waals surface area (Å²) in [6.45, 7) is 6.78. The second kappa shape index (κ2) is 8.05. The summed E-state index contributed by atoms with van der Waals surface area (Å²) in [4.78, 5) is 4.74. The summed E-state index contributed by atoms with van der Waals surface area (Å²) in [5, 5.41) is 12.6. The molecule has 0 radical (unpaired) electrons. The molecule has 1 saturated carbocycles. The number of nitriles is 1. The van der Waals surface area contributed by atoms with Crippen LogP contribution in [0.4, 0.5) is 24.8 Å². The second-order valence-corrected chi connectivity index (χ2v) is 9.39. The van der Waals surface area contributed by atoms with Crippen LogP contribution in [0, 0.1) is 22.7 Å². The van der Waals surface area contributed by atoms with Gasteiger partial charge in [0.05, 0.1) is 22.7 Å².